The molecule has 0 saturated carbocycles. The lowest BCUT2D eigenvalue weighted by Crippen LogP contribution is -2.32. The number of benzene rings is 2. The third-order valence-corrected chi connectivity index (χ3v) is 5.25. The number of carbonyl (C=O) groups excluding carboxylic acids is 1. The number of halogens is 2. The van der Waals surface area contributed by atoms with Crippen LogP contribution in [0.25, 0.3) is 10.9 Å². The average molecular weight is 481 g/mol. The van der Waals surface area contributed by atoms with Gasteiger partial charge in [0.15, 0.2) is 11.5 Å². The third kappa shape index (κ3) is 4.38. The van der Waals surface area contributed by atoms with Crippen molar-refractivity contribution in [3.63, 3.8) is 0 Å². The van der Waals surface area contributed by atoms with Crippen LogP contribution in [0.4, 0.5) is 0 Å². The van der Waals surface area contributed by atoms with Crippen molar-refractivity contribution in [2.75, 3.05) is 20.8 Å². The molecule has 0 unspecified atom stereocenters. The highest BCUT2D eigenvalue weighted by atomic mass is 79.9. The summed E-state index contributed by atoms with van der Waals surface area (Å²) in [5.41, 5.74) is 0.498. The Labute approximate surface area is 180 Å². The Bertz CT molecular complexity index is 1130. The number of aromatic amines is 1. The molecule has 0 aliphatic rings. The highest BCUT2D eigenvalue weighted by molar-refractivity contribution is 9.10. The Morgan fingerprint density at radius 2 is 1.90 bits per heavy atom. The van der Waals surface area contributed by atoms with Crippen molar-refractivity contribution in [3.05, 3.63) is 61.6 Å². The van der Waals surface area contributed by atoms with E-state index in [1.54, 1.807) is 35.2 Å². The fourth-order valence-electron chi connectivity index (χ4n) is 2.93. The van der Waals surface area contributed by atoms with Crippen molar-refractivity contribution in [1.29, 1.82) is 0 Å². The van der Waals surface area contributed by atoms with Crippen LogP contribution < -0.4 is 15.0 Å². The summed E-state index contributed by atoms with van der Waals surface area (Å²) in [7, 11) is 3.01. The number of hydrogen-bond donors (Lipinski definition) is 1. The van der Waals surface area contributed by atoms with E-state index in [1.807, 2.05) is 6.92 Å². The predicted molar refractivity (Wildman–Crippen MR) is 115 cm³/mol. The molecule has 29 heavy (non-hydrogen) atoms. The molecule has 3 rings (SSSR count). The van der Waals surface area contributed by atoms with Crippen molar-refractivity contribution in [2.45, 2.75) is 13.5 Å². The summed E-state index contributed by atoms with van der Waals surface area (Å²) in [5, 5.41) is 0.726. The Morgan fingerprint density at radius 1 is 1.21 bits per heavy atom. The number of nitrogens with zero attached hydrogens (tertiary/aromatic N) is 2. The average Bonchev–Trinajstić information content (AvgIpc) is 2.72. The second-order valence-electron chi connectivity index (χ2n) is 6.18. The summed E-state index contributed by atoms with van der Waals surface area (Å²) in [6, 6.07) is 8.30. The van der Waals surface area contributed by atoms with Crippen molar-refractivity contribution in [2.24, 2.45) is 0 Å². The Balaban J connectivity index is 1.98. The van der Waals surface area contributed by atoms with E-state index in [0.717, 1.165) is 4.47 Å². The molecular weight excluding hydrogens is 462 g/mol. The van der Waals surface area contributed by atoms with Crippen molar-refractivity contribution < 1.29 is 14.3 Å². The van der Waals surface area contributed by atoms with E-state index >= 15 is 0 Å². The molecule has 0 aliphatic carbocycles. The van der Waals surface area contributed by atoms with E-state index in [1.165, 1.54) is 14.2 Å². The van der Waals surface area contributed by atoms with Gasteiger partial charge in [0.2, 0.25) is 0 Å². The van der Waals surface area contributed by atoms with Gasteiger partial charge in [-0.15, -0.1) is 0 Å². The first-order valence-electron chi connectivity index (χ1n) is 8.77. The molecule has 7 nitrogen and oxygen atoms in total. The monoisotopic (exact) mass is 479 g/mol. The number of H-pyrrole nitrogens is 1. The van der Waals surface area contributed by atoms with Gasteiger partial charge in [0.25, 0.3) is 11.5 Å². The summed E-state index contributed by atoms with van der Waals surface area (Å²) >= 11 is 9.55. The summed E-state index contributed by atoms with van der Waals surface area (Å²) in [4.78, 5) is 34.3. The Kier molecular flexibility index (Phi) is 6.44. The second-order valence-corrected chi connectivity index (χ2v) is 7.50. The molecule has 0 aliphatic heterocycles. The summed E-state index contributed by atoms with van der Waals surface area (Å²) in [6.45, 7) is 2.38. The predicted octanol–water partition coefficient (Wildman–Crippen LogP) is 4.02. The topological polar surface area (TPSA) is 84.5 Å². The highest BCUT2D eigenvalue weighted by Crippen LogP contribution is 2.30. The van der Waals surface area contributed by atoms with Gasteiger partial charge in [0, 0.05) is 17.1 Å². The first kappa shape index (κ1) is 21.1. The SMILES string of the molecule is CCN(Cc1nc2cc(OC)c(OC)cc2c(=O)[nH]1)C(=O)c1cc(Br)ccc1Cl. The minimum Gasteiger partial charge on any atom is -0.493 e. The lowest BCUT2D eigenvalue weighted by atomic mass is 10.2. The molecule has 1 aromatic heterocycles. The molecule has 0 spiro atoms. The van der Waals surface area contributed by atoms with Crippen LogP contribution in [0.2, 0.25) is 5.02 Å². The van der Waals surface area contributed by atoms with Crippen LogP contribution in [-0.4, -0.2) is 41.5 Å². The summed E-state index contributed by atoms with van der Waals surface area (Å²) in [5.74, 6) is 1.01. The van der Waals surface area contributed by atoms with Crippen LogP contribution in [0.15, 0.2) is 39.6 Å². The number of ether oxygens (including phenoxy) is 2. The third-order valence-electron chi connectivity index (χ3n) is 4.43. The number of rotatable bonds is 6. The molecule has 2 aromatic carbocycles. The molecule has 0 radical (unpaired) electrons. The number of carbonyl (C=O) groups is 1. The van der Waals surface area contributed by atoms with Gasteiger partial charge in [0.1, 0.15) is 5.82 Å². The van der Waals surface area contributed by atoms with Crippen LogP contribution in [0.3, 0.4) is 0 Å². The van der Waals surface area contributed by atoms with Gasteiger partial charge in [-0.05, 0) is 31.2 Å². The van der Waals surface area contributed by atoms with Crippen molar-refractivity contribution >= 4 is 44.3 Å². The summed E-state index contributed by atoms with van der Waals surface area (Å²) in [6.07, 6.45) is 0. The zero-order valence-corrected chi connectivity index (χ0v) is 18.4. The van der Waals surface area contributed by atoms with Crippen LogP contribution in [-0.2, 0) is 6.54 Å². The fourth-order valence-corrected chi connectivity index (χ4v) is 3.49. The molecule has 1 heterocycles. The smallest absolute Gasteiger partial charge is 0.258 e. The number of fused-ring (bicyclic) bond motifs is 1. The largest absolute Gasteiger partial charge is 0.493 e. The zero-order chi connectivity index (χ0) is 21.1. The standard InChI is InChI=1S/C20H19BrClN3O4/c1-4-25(20(27)12-7-11(21)5-6-14(12)22)10-18-23-15-9-17(29-3)16(28-2)8-13(15)19(26)24-18/h5-9H,4,10H2,1-3H3,(H,23,24,26). The minimum absolute atomic E-state index is 0.123. The molecule has 1 N–H and O–H groups in total. The van der Waals surface area contributed by atoms with E-state index in [0.29, 0.717) is 45.4 Å². The van der Waals surface area contributed by atoms with Crippen LogP contribution in [0.1, 0.15) is 23.1 Å². The quantitative estimate of drug-likeness (QED) is 0.576. The molecule has 0 fully saturated rings. The molecule has 3 aromatic rings. The molecule has 1 amide bonds. The molecule has 0 bridgehead atoms. The van der Waals surface area contributed by atoms with E-state index < -0.39 is 0 Å². The van der Waals surface area contributed by atoms with Gasteiger partial charge < -0.3 is 19.4 Å². The van der Waals surface area contributed by atoms with E-state index in [2.05, 4.69) is 25.9 Å². The van der Waals surface area contributed by atoms with Gasteiger partial charge in [-0.3, -0.25) is 9.59 Å². The van der Waals surface area contributed by atoms with Crippen molar-refractivity contribution in [1.82, 2.24) is 14.9 Å². The second kappa shape index (κ2) is 8.84. The van der Waals surface area contributed by atoms with Gasteiger partial charge >= 0.3 is 0 Å². The van der Waals surface area contributed by atoms with Gasteiger partial charge in [-0.1, -0.05) is 27.5 Å². The Hall–Kier alpha value is -2.58. The number of hydrogen-bond acceptors (Lipinski definition) is 5. The fraction of sp³-hybridized carbons (Fsp3) is 0.250. The maximum Gasteiger partial charge on any atom is 0.258 e. The van der Waals surface area contributed by atoms with Crippen LogP contribution in [0.5, 0.6) is 11.5 Å². The van der Waals surface area contributed by atoms with Gasteiger partial charge in [0.05, 0.1) is 42.3 Å². The van der Waals surface area contributed by atoms with Crippen molar-refractivity contribution in [3.8, 4) is 11.5 Å². The lowest BCUT2D eigenvalue weighted by molar-refractivity contribution is 0.0748. The van der Waals surface area contributed by atoms with E-state index in [4.69, 9.17) is 21.1 Å². The van der Waals surface area contributed by atoms with Gasteiger partial charge in [-0.2, -0.15) is 0 Å². The Morgan fingerprint density at radius 3 is 2.55 bits per heavy atom. The first-order valence-corrected chi connectivity index (χ1v) is 9.94. The highest BCUT2D eigenvalue weighted by Gasteiger charge is 2.19. The van der Waals surface area contributed by atoms with Gasteiger partial charge in [-0.25, -0.2) is 4.98 Å². The minimum atomic E-state index is -0.324. The van der Waals surface area contributed by atoms with E-state index in [9.17, 15) is 9.59 Å². The lowest BCUT2D eigenvalue weighted by Gasteiger charge is -2.21. The molecule has 0 atom stereocenters. The number of nitrogens with one attached hydrogen (secondary N) is 1. The zero-order valence-electron chi connectivity index (χ0n) is 16.1. The number of amides is 1. The number of methoxy groups -OCH3 is 2. The first-order chi connectivity index (χ1) is 13.9. The van der Waals surface area contributed by atoms with E-state index in [-0.39, 0.29) is 18.0 Å². The molecule has 9 heteroatoms. The molecule has 0 saturated heterocycles. The molecular formula is C20H19BrClN3O4. The van der Waals surface area contributed by atoms with Crippen LogP contribution in [0, 0.1) is 0 Å². The molecule has 152 valence electrons. The van der Waals surface area contributed by atoms with Crippen LogP contribution >= 0.6 is 27.5 Å². The number of aromatic nitrogens is 2. The normalized spacial score (nSPS) is 10.8. The maximum absolute atomic E-state index is 13.0. The maximum atomic E-state index is 13.0. The summed E-state index contributed by atoms with van der Waals surface area (Å²) < 4.78 is 11.3.